The summed E-state index contributed by atoms with van der Waals surface area (Å²) in [6, 6.07) is 4.13. The third kappa shape index (κ3) is 4.55. The summed E-state index contributed by atoms with van der Waals surface area (Å²) in [5, 5.41) is 3.38. The van der Waals surface area contributed by atoms with Crippen LogP contribution >= 0.6 is 0 Å². The van der Waals surface area contributed by atoms with E-state index in [1.54, 1.807) is 7.11 Å². The van der Waals surface area contributed by atoms with E-state index in [-0.39, 0.29) is 0 Å². The van der Waals surface area contributed by atoms with Gasteiger partial charge in [0.25, 0.3) is 0 Å². The molecule has 0 amide bonds. The molecule has 1 aromatic rings. The molecule has 3 N–H and O–H groups in total. The van der Waals surface area contributed by atoms with E-state index in [9.17, 15) is 0 Å². The Morgan fingerprint density at radius 3 is 2.56 bits per heavy atom. The molecule has 0 aromatic heterocycles. The lowest BCUT2D eigenvalue weighted by atomic mass is 10.1. The Labute approximate surface area is 110 Å². The lowest BCUT2D eigenvalue weighted by molar-refractivity contribution is 0.163. The van der Waals surface area contributed by atoms with E-state index >= 15 is 0 Å². The largest absolute Gasteiger partial charge is 0.397 e. The highest BCUT2D eigenvalue weighted by Crippen LogP contribution is 2.22. The average molecular weight is 251 g/mol. The van der Waals surface area contributed by atoms with Crippen molar-refractivity contribution in [3.8, 4) is 0 Å². The van der Waals surface area contributed by atoms with Crippen molar-refractivity contribution in [3.05, 3.63) is 23.3 Å². The maximum atomic E-state index is 5.99. The van der Waals surface area contributed by atoms with Crippen LogP contribution in [0, 0.1) is 13.8 Å². The molecule has 0 bridgehead atoms. The van der Waals surface area contributed by atoms with Crippen LogP contribution in [-0.4, -0.2) is 45.3 Å². The van der Waals surface area contributed by atoms with E-state index in [0.29, 0.717) is 0 Å². The summed E-state index contributed by atoms with van der Waals surface area (Å²) in [6.45, 7) is 7.74. The SMILES string of the molecule is COCCN(C)CCNc1cc(C)c(C)cc1N. The number of hydrogen-bond acceptors (Lipinski definition) is 4. The molecule has 0 atom stereocenters. The van der Waals surface area contributed by atoms with Gasteiger partial charge in [-0.3, -0.25) is 0 Å². The molecule has 0 fully saturated rings. The summed E-state index contributed by atoms with van der Waals surface area (Å²) in [6.07, 6.45) is 0. The van der Waals surface area contributed by atoms with E-state index in [1.807, 2.05) is 6.07 Å². The molecule has 1 aromatic carbocycles. The van der Waals surface area contributed by atoms with Gasteiger partial charge in [0, 0.05) is 26.7 Å². The molecule has 0 aliphatic carbocycles. The minimum atomic E-state index is 0.766. The van der Waals surface area contributed by atoms with Gasteiger partial charge in [0.2, 0.25) is 0 Å². The maximum absolute atomic E-state index is 5.99. The molecule has 4 heteroatoms. The zero-order valence-electron chi connectivity index (χ0n) is 11.9. The van der Waals surface area contributed by atoms with Gasteiger partial charge < -0.3 is 20.7 Å². The highest BCUT2D eigenvalue weighted by molar-refractivity contribution is 5.68. The number of hydrogen-bond donors (Lipinski definition) is 2. The maximum Gasteiger partial charge on any atom is 0.0589 e. The van der Waals surface area contributed by atoms with Crippen LogP contribution in [0.5, 0.6) is 0 Å². The summed E-state index contributed by atoms with van der Waals surface area (Å²) in [5.74, 6) is 0. The molecule has 0 spiro atoms. The second-order valence-corrected chi connectivity index (χ2v) is 4.75. The van der Waals surface area contributed by atoms with Crippen LogP contribution in [0.3, 0.4) is 0 Å². The van der Waals surface area contributed by atoms with Crippen molar-refractivity contribution in [3.63, 3.8) is 0 Å². The molecular formula is C14H25N3O. The van der Waals surface area contributed by atoms with Crippen LogP contribution in [0.2, 0.25) is 0 Å². The number of nitrogens with two attached hydrogens (primary N) is 1. The van der Waals surface area contributed by atoms with Crippen LogP contribution in [0.15, 0.2) is 12.1 Å². The Balaban J connectivity index is 2.42. The number of likely N-dealkylation sites (N-methyl/N-ethyl adjacent to an activating group) is 1. The van der Waals surface area contributed by atoms with Gasteiger partial charge in [-0.05, 0) is 44.2 Å². The van der Waals surface area contributed by atoms with Crippen LogP contribution in [0.25, 0.3) is 0 Å². The molecule has 0 aliphatic heterocycles. The average Bonchev–Trinajstić information content (AvgIpc) is 2.33. The van der Waals surface area contributed by atoms with E-state index in [1.165, 1.54) is 11.1 Å². The molecule has 0 heterocycles. The molecule has 0 unspecified atom stereocenters. The molecule has 4 nitrogen and oxygen atoms in total. The van der Waals surface area contributed by atoms with Crippen molar-refractivity contribution in [2.24, 2.45) is 0 Å². The van der Waals surface area contributed by atoms with E-state index < -0.39 is 0 Å². The highest BCUT2D eigenvalue weighted by atomic mass is 16.5. The predicted octanol–water partition coefficient (Wildman–Crippen LogP) is 1.88. The van der Waals surface area contributed by atoms with Gasteiger partial charge in [0.05, 0.1) is 18.0 Å². The third-order valence-corrected chi connectivity index (χ3v) is 3.15. The lowest BCUT2D eigenvalue weighted by Crippen LogP contribution is -2.28. The van der Waals surface area contributed by atoms with Gasteiger partial charge in [-0.25, -0.2) is 0 Å². The molecule has 0 saturated carbocycles. The Hall–Kier alpha value is -1.26. The lowest BCUT2D eigenvalue weighted by Gasteiger charge is -2.18. The first kappa shape index (κ1) is 14.8. The van der Waals surface area contributed by atoms with Crippen molar-refractivity contribution >= 4 is 11.4 Å². The predicted molar refractivity (Wildman–Crippen MR) is 78.2 cm³/mol. The molecule has 1 rings (SSSR count). The molecule has 0 radical (unpaired) electrons. The van der Waals surface area contributed by atoms with E-state index in [4.69, 9.17) is 10.5 Å². The topological polar surface area (TPSA) is 50.5 Å². The second-order valence-electron chi connectivity index (χ2n) is 4.75. The first-order valence-corrected chi connectivity index (χ1v) is 6.32. The number of nitrogen functional groups attached to an aromatic ring is 1. The van der Waals surface area contributed by atoms with Crippen molar-refractivity contribution in [1.29, 1.82) is 0 Å². The number of benzene rings is 1. The minimum Gasteiger partial charge on any atom is -0.397 e. The Kier molecular flexibility index (Phi) is 5.95. The van der Waals surface area contributed by atoms with Crippen molar-refractivity contribution < 1.29 is 4.74 Å². The van der Waals surface area contributed by atoms with E-state index in [2.05, 4.69) is 37.2 Å². The Morgan fingerprint density at radius 1 is 1.22 bits per heavy atom. The molecule has 0 aliphatic rings. The Morgan fingerprint density at radius 2 is 1.89 bits per heavy atom. The fourth-order valence-corrected chi connectivity index (χ4v) is 1.73. The van der Waals surface area contributed by atoms with Gasteiger partial charge in [-0.1, -0.05) is 0 Å². The van der Waals surface area contributed by atoms with Crippen LogP contribution in [0.4, 0.5) is 11.4 Å². The van der Waals surface area contributed by atoms with Crippen LogP contribution in [0.1, 0.15) is 11.1 Å². The molecular weight excluding hydrogens is 226 g/mol. The number of aryl methyl sites for hydroxylation is 2. The molecule has 18 heavy (non-hydrogen) atoms. The number of rotatable bonds is 7. The second kappa shape index (κ2) is 7.24. The summed E-state index contributed by atoms with van der Waals surface area (Å²) < 4.78 is 5.04. The highest BCUT2D eigenvalue weighted by Gasteiger charge is 2.03. The minimum absolute atomic E-state index is 0.766. The molecule has 0 saturated heterocycles. The zero-order chi connectivity index (χ0) is 13.5. The van der Waals surface area contributed by atoms with Crippen molar-refractivity contribution in [2.75, 3.05) is 51.4 Å². The zero-order valence-corrected chi connectivity index (χ0v) is 11.9. The monoisotopic (exact) mass is 251 g/mol. The molecule has 102 valence electrons. The van der Waals surface area contributed by atoms with Crippen LogP contribution in [-0.2, 0) is 4.74 Å². The summed E-state index contributed by atoms with van der Waals surface area (Å²) >= 11 is 0. The first-order chi connectivity index (χ1) is 8.54. The van der Waals surface area contributed by atoms with Gasteiger partial charge in [0.1, 0.15) is 0 Å². The fraction of sp³-hybridized carbons (Fsp3) is 0.571. The van der Waals surface area contributed by atoms with E-state index in [0.717, 1.165) is 37.6 Å². The summed E-state index contributed by atoms with van der Waals surface area (Å²) in [7, 11) is 3.81. The van der Waals surface area contributed by atoms with Gasteiger partial charge in [0.15, 0.2) is 0 Å². The van der Waals surface area contributed by atoms with Crippen LogP contribution < -0.4 is 11.1 Å². The standard InChI is InChI=1S/C14H25N3O/c1-11-9-13(15)14(10-12(11)2)16-5-6-17(3)7-8-18-4/h9-10,16H,5-8,15H2,1-4H3. The first-order valence-electron chi connectivity index (χ1n) is 6.32. The quantitative estimate of drug-likeness (QED) is 0.726. The van der Waals surface area contributed by atoms with Crippen molar-refractivity contribution in [2.45, 2.75) is 13.8 Å². The van der Waals surface area contributed by atoms with Gasteiger partial charge in [-0.2, -0.15) is 0 Å². The summed E-state index contributed by atoms with van der Waals surface area (Å²) in [5.41, 5.74) is 10.3. The number of ether oxygens (including phenoxy) is 1. The van der Waals surface area contributed by atoms with Gasteiger partial charge in [-0.15, -0.1) is 0 Å². The van der Waals surface area contributed by atoms with Crippen molar-refractivity contribution in [1.82, 2.24) is 4.90 Å². The normalized spacial score (nSPS) is 10.9. The number of nitrogens with one attached hydrogen (secondary N) is 1. The number of methoxy groups -OCH3 is 1. The van der Waals surface area contributed by atoms with Gasteiger partial charge >= 0.3 is 0 Å². The smallest absolute Gasteiger partial charge is 0.0589 e. The fourth-order valence-electron chi connectivity index (χ4n) is 1.73. The summed E-state index contributed by atoms with van der Waals surface area (Å²) in [4.78, 5) is 2.23. The number of anilines is 2. The number of nitrogens with zero attached hydrogens (tertiary/aromatic N) is 1. The third-order valence-electron chi connectivity index (χ3n) is 3.15. The Bertz CT molecular complexity index is 380.